The van der Waals surface area contributed by atoms with Crippen LogP contribution < -0.4 is 5.32 Å². The zero-order valence-corrected chi connectivity index (χ0v) is 15.0. The summed E-state index contributed by atoms with van der Waals surface area (Å²) in [6, 6.07) is 4.79. The predicted octanol–water partition coefficient (Wildman–Crippen LogP) is 2.40. The Balaban J connectivity index is 1.50. The zero-order chi connectivity index (χ0) is 17.2. The molecule has 0 bridgehead atoms. The van der Waals surface area contributed by atoms with Crippen LogP contribution in [0.1, 0.15) is 37.6 Å². The molecule has 7 nitrogen and oxygen atoms in total. The number of anilines is 1. The minimum Gasteiger partial charge on any atom is -0.373 e. The number of hydrogen-bond acceptors (Lipinski definition) is 7. The largest absolute Gasteiger partial charge is 0.373 e. The molecule has 1 N–H and O–H groups in total. The van der Waals surface area contributed by atoms with Gasteiger partial charge in [-0.3, -0.25) is 4.90 Å². The maximum Gasteiger partial charge on any atom is 0.244 e. The third kappa shape index (κ3) is 3.39. The van der Waals surface area contributed by atoms with Gasteiger partial charge < -0.3 is 14.7 Å². The van der Waals surface area contributed by atoms with Crippen molar-refractivity contribution in [2.45, 2.75) is 37.8 Å². The second kappa shape index (κ2) is 7.09. The summed E-state index contributed by atoms with van der Waals surface area (Å²) in [6.45, 7) is 3.48. The number of likely N-dealkylation sites (tertiary alicyclic amines) is 2. The highest BCUT2D eigenvalue weighted by atomic mass is 16.5. The van der Waals surface area contributed by atoms with Gasteiger partial charge in [-0.15, -0.1) is 0 Å². The monoisotopic (exact) mass is 342 g/mol. The summed E-state index contributed by atoms with van der Waals surface area (Å²) in [4.78, 5) is 14.0. The SMILES string of the molecule is CNc1ccc(-c2noc(C3CCCN3C3CCN(C)CC3)n2)cn1. The molecule has 0 aliphatic carbocycles. The molecule has 2 saturated heterocycles. The zero-order valence-electron chi connectivity index (χ0n) is 15.0. The molecule has 2 aliphatic heterocycles. The van der Waals surface area contributed by atoms with Crippen molar-refractivity contribution in [3.05, 3.63) is 24.2 Å². The second-order valence-electron chi connectivity index (χ2n) is 7.07. The van der Waals surface area contributed by atoms with Gasteiger partial charge in [0.1, 0.15) is 5.82 Å². The van der Waals surface area contributed by atoms with Gasteiger partial charge >= 0.3 is 0 Å². The Kier molecular flexibility index (Phi) is 4.67. The summed E-state index contributed by atoms with van der Waals surface area (Å²) in [7, 11) is 4.06. The van der Waals surface area contributed by atoms with Crippen LogP contribution in [-0.4, -0.2) is 64.7 Å². The Morgan fingerprint density at radius 1 is 1.16 bits per heavy atom. The topological polar surface area (TPSA) is 70.3 Å². The van der Waals surface area contributed by atoms with Crippen molar-refractivity contribution in [3.63, 3.8) is 0 Å². The van der Waals surface area contributed by atoms with E-state index >= 15 is 0 Å². The minimum atomic E-state index is 0.263. The first kappa shape index (κ1) is 16.5. The van der Waals surface area contributed by atoms with E-state index < -0.39 is 0 Å². The molecule has 0 saturated carbocycles. The summed E-state index contributed by atoms with van der Waals surface area (Å²) in [5, 5.41) is 7.21. The van der Waals surface area contributed by atoms with Crippen molar-refractivity contribution < 1.29 is 4.52 Å². The van der Waals surface area contributed by atoms with Crippen LogP contribution in [0.2, 0.25) is 0 Å². The Hall–Kier alpha value is -1.99. The number of hydrogen-bond donors (Lipinski definition) is 1. The lowest BCUT2D eigenvalue weighted by molar-refractivity contribution is 0.0958. The second-order valence-corrected chi connectivity index (χ2v) is 7.07. The van der Waals surface area contributed by atoms with Crippen LogP contribution in [-0.2, 0) is 0 Å². The molecule has 2 aromatic rings. The van der Waals surface area contributed by atoms with Crippen LogP contribution in [0.25, 0.3) is 11.4 Å². The first-order valence-corrected chi connectivity index (χ1v) is 9.16. The molecule has 4 rings (SSSR count). The summed E-state index contributed by atoms with van der Waals surface area (Å²) < 4.78 is 5.65. The van der Waals surface area contributed by atoms with Crippen LogP contribution in [0.5, 0.6) is 0 Å². The molecule has 0 aromatic carbocycles. The number of aromatic nitrogens is 3. The van der Waals surface area contributed by atoms with E-state index in [-0.39, 0.29) is 6.04 Å². The lowest BCUT2D eigenvalue weighted by Crippen LogP contribution is -2.43. The highest BCUT2D eigenvalue weighted by Crippen LogP contribution is 2.36. The molecule has 1 unspecified atom stereocenters. The number of nitrogens with one attached hydrogen (secondary N) is 1. The van der Waals surface area contributed by atoms with Crippen molar-refractivity contribution in [1.29, 1.82) is 0 Å². The van der Waals surface area contributed by atoms with Gasteiger partial charge in [0.05, 0.1) is 6.04 Å². The van der Waals surface area contributed by atoms with E-state index in [1.54, 1.807) is 6.20 Å². The average molecular weight is 342 g/mol. The van der Waals surface area contributed by atoms with Crippen molar-refractivity contribution in [1.82, 2.24) is 24.9 Å². The average Bonchev–Trinajstić information content (AvgIpc) is 3.31. The van der Waals surface area contributed by atoms with E-state index in [1.807, 2.05) is 19.2 Å². The molecule has 2 aromatic heterocycles. The molecular formula is C18H26N6O. The molecular weight excluding hydrogens is 316 g/mol. The number of rotatable bonds is 4. The van der Waals surface area contributed by atoms with Gasteiger partial charge in [0.2, 0.25) is 11.7 Å². The van der Waals surface area contributed by atoms with Crippen molar-refractivity contribution in [3.8, 4) is 11.4 Å². The fraction of sp³-hybridized carbons (Fsp3) is 0.611. The van der Waals surface area contributed by atoms with Crippen LogP contribution in [0.4, 0.5) is 5.82 Å². The molecule has 7 heteroatoms. The molecule has 4 heterocycles. The lowest BCUT2D eigenvalue weighted by atomic mass is 10.0. The van der Waals surface area contributed by atoms with Gasteiger partial charge in [0.25, 0.3) is 0 Å². The predicted molar refractivity (Wildman–Crippen MR) is 96.3 cm³/mol. The van der Waals surface area contributed by atoms with Crippen molar-refractivity contribution >= 4 is 5.82 Å². The molecule has 1 atom stereocenters. The van der Waals surface area contributed by atoms with E-state index in [4.69, 9.17) is 4.52 Å². The summed E-state index contributed by atoms with van der Waals surface area (Å²) in [5.74, 6) is 2.21. The Morgan fingerprint density at radius 2 is 2.00 bits per heavy atom. The quantitative estimate of drug-likeness (QED) is 0.915. The number of nitrogens with zero attached hydrogens (tertiary/aromatic N) is 5. The number of piperidine rings is 1. The highest BCUT2D eigenvalue weighted by molar-refractivity contribution is 5.55. The van der Waals surface area contributed by atoms with Gasteiger partial charge in [0, 0.05) is 24.8 Å². The van der Waals surface area contributed by atoms with E-state index in [0.29, 0.717) is 11.9 Å². The molecule has 2 aliphatic rings. The maximum absolute atomic E-state index is 5.65. The van der Waals surface area contributed by atoms with Gasteiger partial charge in [-0.2, -0.15) is 4.98 Å². The Labute approximate surface area is 148 Å². The third-order valence-electron chi connectivity index (χ3n) is 5.46. The molecule has 134 valence electrons. The van der Waals surface area contributed by atoms with Crippen LogP contribution in [0.3, 0.4) is 0 Å². The van der Waals surface area contributed by atoms with Crippen LogP contribution >= 0.6 is 0 Å². The van der Waals surface area contributed by atoms with Crippen LogP contribution in [0, 0.1) is 0 Å². The Morgan fingerprint density at radius 3 is 2.72 bits per heavy atom. The van der Waals surface area contributed by atoms with Crippen molar-refractivity contribution in [2.75, 3.05) is 39.0 Å². The normalized spacial score (nSPS) is 23.2. The van der Waals surface area contributed by atoms with Gasteiger partial charge in [-0.25, -0.2) is 4.98 Å². The smallest absolute Gasteiger partial charge is 0.244 e. The molecule has 0 radical (unpaired) electrons. The summed E-state index contributed by atoms with van der Waals surface area (Å²) >= 11 is 0. The molecule has 25 heavy (non-hydrogen) atoms. The van der Waals surface area contributed by atoms with E-state index in [9.17, 15) is 0 Å². The van der Waals surface area contributed by atoms with E-state index in [2.05, 4.69) is 37.3 Å². The van der Waals surface area contributed by atoms with Gasteiger partial charge in [0.15, 0.2) is 0 Å². The summed E-state index contributed by atoms with van der Waals surface area (Å²) in [6.07, 6.45) is 6.54. The fourth-order valence-electron chi connectivity index (χ4n) is 3.98. The third-order valence-corrected chi connectivity index (χ3v) is 5.46. The number of pyridine rings is 1. The molecule has 2 fully saturated rings. The van der Waals surface area contributed by atoms with E-state index in [1.165, 1.54) is 32.4 Å². The maximum atomic E-state index is 5.65. The lowest BCUT2D eigenvalue weighted by Gasteiger charge is -2.37. The molecule has 0 amide bonds. The van der Waals surface area contributed by atoms with E-state index in [0.717, 1.165) is 30.2 Å². The minimum absolute atomic E-state index is 0.263. The standard InChI is InChI=1S/C18H26N6O/c1-19-16-6-5-13(12-20-16)17-21-18(25-22-17)15-4-3-9-24(15)14-7-10-23(2)11-8-14/h5-6,12,14-15H,3-4,7-11H2,1-2H3,(H,19,20). The van der Waals surface area contributed by atoms with Gasteiger partial charge in [-0.1, -0.05) is 5.16 Å². The first-order valence-electron chi connectivity index (χ1n) is 9.16. The highest BCUT2D eigenvalue weighted by Gasteiger charge is 2.36. The van der Waals surface area contributed by atoms with Crippen molar-refractivity contribution in [2.24, 2.45) is 0 Å². The van der Waals surface area contributed by atoms with Crippen LogP contribution in [0.15, 0.2) is 22.9 Å². The van der Waals surface area contributed by atoms with Gasteiger partial charge in [-0.05, 0) is 64.5 Å². The molecule has 0 spiro atoms. The Bertz CT molecular complexity index is 692. The first-order chi connectivity index (χ1) is 12.2. The fourth-order valence-corrected chi connectivity index (χ4v) is 3.98. The summed E-state index contributed by atoms with van der Waals surface area (Å²) in [5.41, 5.74) is 0.887.